The van der Waals surface area contributed by atoms with Crippen molar-refractivity contribution in [1.82, 2.24) is 9.13 Å². The van der Waals surface area contributed by atoms with Gasteiger partial charge in [-0.25, -0.2) is 4.85 Å². The first kappa shape index (κ1) is 34.1. The summed E-state index contributed by atoms with van der Waals surface area (Å²) in [7, 11) is 0. The number of nitrogens with zero attached hydrogens (tertiary/aromatic N) is 4. The minimum absolute atomic E-state index is 0.368. The second-order valence-corrected chi connectivity index (χ2v) is 15.8. The van der Waals surface area contributed by atoms with Gasteiger partial charge in [-0.15, -0.1) is 0 Å². The largest absolute Gasteiger partial charge is 0.455 e. The summed E-state index contributed by atoms with van der Waals surface area (Å²) in [5, 5.41) is 19.5. The Morgan fingerprint density at radius 2 is 0.919 bits per heavy atom. The van der Waals surface area contributed by atoms with Crippen LogP contribution in [0.5, 0.6) is 0 Å². The zero-order valence-corrected chi connectivity index (χ0v) is 32.9. The molecular weight excluding hydrogens is 761 g/mol. The molecule has 0 amide bonds. The van der Waals surface area contributed by atoms with Crippen molar-refractivity contribution in [2.45, 2.75) is 0 Å². The Balaban J connectivity index is 1.15. The Morgan fingerprint density at radius 3 is 1.45 bits per heavy atom. The van der Waals surface area contributed by atoms with E-state index >= 15 is 0 Å². The van der Waals surface area contributed by atoms with Crippen molar-refractivity contribution in [3.05, 3.63) is 199 Å². The fourth-order valence-corrected chi connectivity index (χ4v) is 9.88. The lowest BCUT2D eigenvalue weighted by Gasteiger charge is -2.17. The Bertz CT molecular complexity index is 4110. The predicted octanol–water partition coefficient (Wildman–Crippen LogP) is 15.4. The molecule has 0 fully saturated rings. The minimum atomic E-state index is 0.368. The SMILES string of the molecule is [C-]#[N+]c1ccc(-n2c3ccc(-c4ccccc4)cc3c3c4oc5ccccc5c4ccc32)c(C#N)c1-n1c2ccc(-c3ccccc3)cc2c2c3oc4ccccc4c3ccc21. The second kappa shape index (κ2) is 12.8. The van der Waals surface area contributed by atoms with E-state index in [-0.39, 0.29) is 0 Å². The maximum absolute atomic E-state index is 11.5. The zero-order valence-electron chi connectivity index (χ0n) is 32.9. The molecule has 0 spiro atoms. The van der Waals surface area contributed by atoms with Gasteiger partial charge in [-0.1, -0.05) is 115 Å². The molecule has 0 saturated carbocycles. The van der Waals surface area contributed by atoms with Crippen LogP contribution in [0.3, 0.4) is 0 Å². The van der Waals surface area contributed by atoms with Gasteiger partial charge in [0.15, 0.2) is 0 Å². The first-order chi connectivity index (χ1) is 30.7. The summed E-state index contributed by atoms with van der Waals surface area (Å²) < 4.78 is 17.7. The molecule has 6 nitrogen and oxygen atoms in total. The van der Waals surface area contributed by atoms with Crippen LogP contribution in [0.25, 0.3) is 126 Å². The van der Waals surface area contributed by atoms with Crippen LogP contribution in [-0.4, -0.2) is 9.13 Å². The topological polar surface area (TPSA) is 64.3 Å². The quantitative estimate of drug-likeness (QED) is 0.167. The lowest BCUT2D eigenvalue weighted by Crippen LogP contribution is -2.04. The van der Waals surface area contributed by atoms with Gasteiger partial charge >= 0.3 is 0 Å². The molecule has 13 aromatic rings. The Morgan fingerprint density at radius 1 is 0.435 bits per heavy atom. The average Bonchev–Trinajstić information content (AvgIpc) is 4.08. The van der Waals surface area contributed by atoms with Crippen LogP contribution in [0.15, 0.2) is 191 Å². The molecule has 4 aromatic heterocycles. The summed E-state index contributed by atoms with van der Waals surface area (Å²) in [4.78, 5) is 4.10. The van der Waals surface area contributed by atoms with Gasteiger partial charge in [-0.05, 0) is 89.0 Å². The number of hydrogen-bond acceptors (Lipinski definition) is 3. The molecule has 0 aliphatic rings. The molecule has 62 heavy (non-hydrogen) atoms. The van der Waals surface area contributed by atoms with Gasteiger partial charge in [0.2, 0.25) is 5.69 Å². The van der Waals surface area contributed by atoms with Gasteiger partial charge in [0.1, 0.15) is 28.4 Å². The molecule has 0 radical (unpaired) electrons. The predicted molar refractivity (Wildman–Crippen MR) is 252 cm³/mol. The Labute approximate surface area is 353 Å². The van der Waals surface area contributed by atoms with Crippen LogP contribution in [0.2, 0.25) is 0 Å². The zero-order chi connectivity index (χ0) is 41.1. The van der Waals surface area contributed by atoms with E-state index in [9.17, 15) is 5.26 Å². The molecule has 286 valence electrons. The summed E-state index contributed by atoms with van der Waals surface area (Å²) in [6.07, 6.45) is 0. The van der Waals surface area contributed by atoms with Gasteiger partial charge in [0.05, 0.1) is 56.3 Å². The van der Waals surface area contributed by atoms with E-state index in [1.165, 1.54) is 0 Å². The van der Waals surface area contributed by atoms with Crippen LogP contribution >= 0.6 is 0 Å². The average molecular weight is 791 g/mol. The highest BCUT2D eigenvalue weighted by atomic mass is 16.3. The highest BCUT2D eigenvalue weighted by Gasteiger charge is 2.27. The fourth-order valence-electron chi connectivity index (χ4n) is 9.88. The van der Waals surface area contributed by atoms with Crippen LogP contribution in [0.1, 0.15) is 5.56 Å². The Hall–Kier alpha value is -8.84. The maximum atomic E-state index is 11.5. The second-order valence-electron chi connectivity index (χ2n) is 15.8. The summed E-state index contributed by atoms with van der Waals surface area (Å²) in [6, 6.07) is 64.7. The Kier molecular flexibility index (Phi) is 7.05. The number of benzene rings is 9. The van der Waals surface area contributed by atoms with Crippen molar-refractivity contribution in [1.29, 1.82) is 5.26 Å². The van der Waals surface area contributed by atoms with Gasteiger partial charge in [0, 0.05) is 32.3 Å². The number of aromatic nitrogens is 2. The first-order valence-corrected chi connectivity index (χ1v) is 20.5. The molecule has 0 aliphatic heterocycles. The van der Waals surface area contributed by atoms with E-state index < -0.39 is 0 Å². The third-order valence-corrected chi connectivity index (χ3v) is 12.6. The summed E-state index contributed by atoms with van der Waals surface area (Å²) >= 11 is 0. The van der Waals surface area contributed by atoms with Crippen LogP contribution in [-0.2, 0) is 0 Å². The summed E-state index contributed by atoms with van der Waals surface area (Å²) in [5.74, 6) is 0. The van der Waals surface area contributed by atoms with Gasteiger partial charge in [-0.3, -0.25) is 0 Å². The van der Waals surface area contributed by atoms with E-state index in [0.717, 1.165) is 110 Å². The van der Waals surface area contributed by atoms with Gasteiger partial charge in [0.25, 0.3) is 0 Å². The fraction of sp³-hybridized carbons (Fsp3) is 0. The molecule has 13 rings (SSSR count). The molecule has 0 atom stereocenters. The number of fused-ring (bicyclic) bond motifs is 14. The molecule has 0 N–H and O–H groups in total. The van der Waals surface area contributed by atoms with Crippen molar-refractivity contribution < 1.29 is 8.83 Å². The molecule has 6 heteroatoms. The summed E-state index contributed by atoms with van der Waals surface area (Å²) in [6.45, 7) is 8.55. The minimum Gasteiger partial charge on any atom is -0.455 e. The van der Waals surface area contributed by atoms with E-state index in [2.05, 4.69) is 129 Å². The number of hydrogen-bond donors (Lipinski definition) is 0. The van der Waals surface area contributed by atoms with Crippen molar-refractivity contribution in [2.24, 2.45) is 0 Å². The number of para-hydroxylation sites is 2. The molecule has 0 unspecified atom stereocenters. The van der Waals surface area contributed by atoms with Gasteiger partial charge in [-0.2, -0.15) is 5.26 Å². The molecule has 0 bridgehead atoms. The highest BCUT2D eigenvalue weighted by molar-refractivity contribution is 6.26. The number of rotatable bonds is 4. The third kappa shape index (κ3) is 4.66. The molecular formula is C56H30N4O2. The standard InChI is InChI=1S/C56H30N4O2/c1-58-44-24-29-47(59-45-25-20-35(33-12-4-2-5-13-33)30-41(45)52-48(59)27-22-39-37-16-8-10-18-50(37)61-55(39)52)43(32-57)54(44)60-46-26-21-36(34-14-6-3-7-15-34)31-42(46)53-49(60)28-23-40-38-17-9-11-19-51(38)62-56(40)53/h2-31H. The number of nitriles is 1. The highest BCUT2D eigenvalue weighted by Crippen LogP contribution is 2.47. The van der Waals surface area contributed by atoms with Crippen molar-refractivity contribution in [2.75, 3.05) is 0 Å². The van der Waals surface area contributed by atoms with Crippen molar-refractivity contribution >= 4 is 93.2 Å². The normalized spacial score (nSPS) is 11.8. The third-order valence-electron chi connectivity index (χ3n) is 12.6. The van der Waals surface area contributed by atoms with E-state index in [4.69, 9.17) is 15.4 Å². The molecule has 4 heterocycles. The number of furan rings is 2. The lowest BCUT2D eigenvalue weighted by molar-refractivity contribution is 0.672. The van der Waals surface area contributed by atoms with Crippen molar-refractivity contribution in [3.63, 3.8) is 0 Å². The van der Waals surface area contributed by atoms with Crippen LogP contribution in [0, 0.1) is 17.9 Å². The van der Waals surface area contributed by atoms with E-state index in [1.807, 2.05) is 72.8 Å². The first-order valence-electron chi connectivity index (χ1n) is 20.5. The summed E-state index contributed by atoms with van der Waals surface area (Å²) in [5.41, 5.74) is 13.0. The lowest BCUT2D eigenvalue weighted by atomic mass is 10.0. The van der Waals surface area contributed by atoms with Crippen molar-refractivity contribution in [3.8, 4) is 39.7 Å². The monoisotopic (exact) mass is 790 g/mol. The maximum Gasteiger partial charge on any atom is 0.212 e. The van der Waals surface area contributed by atoms with Crippen LogP contribution < -0.4 is 0 Å². The molecule has 9 aromatic carbocycles. The van der Waals surface area contributed by atoms with E-state index in [1.54, 1.807) is 0 Å². The molecule has 0 saturated heterocycles. The van der Waals surface area contributed by atoms with E-state index in [0.29, 0.717) is 22.6 Å². The molecule has 0 aliphatic carbocycles. The van der Waals surface area contributed by atoms with Gasteiger partial charge < -0.3 is 18.0 Å². The van der Waals surface area contributed by atoms with Crippen LogP contribution in [0.4, 0.5) is 5.69 Å². The smallest absolute Gasteiger partial charge is 0.212 e.